The molecule has 0 spiro atoms. The van der Waals surface area contributed by atoms with Crippen LogP contribution < -0.4 is 10.1 Å². The molecule has 0 aromatic heterocycles. The zero-order valence-corrected chi connectivity index (χ0v) is 10.9. The summed E-state index contributed by atoms with van der Waals surface area (Å²) in [4.78, 5) is 11.3. The number of amides is 1. The Hall–Kier alpha value is -1.55. The Balaban J connectivity index is 2.14. The van der Waals surface area contributed by atoms with E-state index in [1.54, 1.807) is 0 Å². The first kappa shape index (κ1) is 14.5. The molecule has 0 aliphatic rings. The van der Waals surface area contributed by atoms with Crippen molar-refractivity contribution >= 4 is 5.91 Å². The second-order valence-electron chi connectivity index (χ2n) is 4.51. The van der Waals surface area contributed by atoms with Gasteiger partial charge in [0.05, 0.1) is 6.10 Å². The highest BCUT2D eigenvalue weighted by Crippen LogP contribution is 2.08. The van der Waals surface area contributed by atoms with Crippen LogP contribution >= 0.6 is 0 Å². The number of ether oxygens (including phenoxy) is 1. The van der Waals surface area contributed by atoms with Crippen LogP contribution in [0.4, 0.5) is 0 Å². The van der Waals surface area contributed by atoms with E-state index < -0.39 is 6.10 Å². The van der Waals surface area contributed by atoms with Gasteiger partial charge in [-0.15, -0.1) is 0 Å². The predicted molar refractivity (Wildman–Crippen MR) is 70.4 cm³/mol. The molecule has 0 bridgehead atoms. The summed E-state index contributed by atoms with van der Waals surface area (Å²) in [6.45, 7) is 4.38. The maximum atomic E-state index is 11.3. The molecule has 1 aromatic rings. The van der Waals surface area contributed by atoms with Crippen molar-refractivity contribution in [1.29, 1.82) is 0 Å². The molecule has 18 heavy (non-hydrogen) atoms. The molecule has 1 atom stereocenters. The van der Waals surface area contributed by atoms with Crippen molar-refractivity contribution in [1.82, 2.24) is 5.32 Å². The lowest BCUT2D eigenvalue weighted by Crippen LogP contribution is -2.31. The van der Waals surface area contributed by atoms with Crippen LogP contribution in [0.1, 0.15) is 20.3 Å². The number of para-hydroxylation sites is 1. The second kappa shape index (κ2) is 7.71. The third-order valence-electron chi connectivity index (χ3n) is 2.49. The Morgan fingerprint density at radius 1 is 1.33 bits per heavy atom. The van der Waals surface area contributed by atoms with Gasteiger partial charge in [-0.2, -0.15) is 0 Å². The van der Waals surface area contributed by atoms with Gasteiger partial charge in [0.2, 0.25) is 5.91 Å². The third kappa shape index (κ3) is 5.68. The predicted octanol–water partition coefficient (Wildman–Crippen LogP) is 1.59. The van der Waals surface area contributed by atoms with Gasteiger partial charge in [-0.05, 0) is 18.6 Å². The zero-order chi connectivity index (χ0) is 13.4. The highest BCUT2D eigenvalue weighted by molar-refractivity contribution is 5.77. The fraction of sp³-hybridized carbons (Fsp3) is 0.500. The topological polar surface area (TPSA) is 58.6 Å². The van der Waals surface area contributed by atoms with Gasteiger partial charge in [-0.1, -0.05) is 32.0 Å². The van der Waals surface area contributed by atoms with E-state index in [-0.39, 0.29) is 18.4 Å². The van der Waals surface area contributed by atoms with Crippen LogP contribution in [0.25, 0.3) is 0 Å². The monoisotopic (exact) mass is 251 g/mol. The van der Waals surface area contributed by atoms with Crippen LogP contribution in [0, 0.1) is 5.92 Å². The van der Waals surface area contributed by atoms with Crippen molar-refractivity contribution in [2.75, 3.05) is 13.2 Å². The fourth-order valence-corrected chi connectivity index (χ4v) is 1.36. The van der Waals surface area contributed by atoms with Crippen molar-refractivity contribution in [3.8, 4) is 5.75 Å². The molecule has 0 aliphatic heterocycles. The summed E-state index contributed by atoms with van der Waals surface area (Å²) < 4.78 is 5.41. The summed E-state index contributed by atoms with van der Waals surface area (Å²) in [5.74, 6) is 0.719. The standard InChI is InChI=1S/C14H21NO3/c1-11(2)14(17)15-9-8-12(16)10-18-13-6-4-3-5-7-13/h3-7,11-12,16H,8-10H2,1-2H3,(H,15,17). The molecule has 1 unspecified atom stereocenters. The van der Waals surface area contributed by atoms with Crippen LogP contribution in [-0.2, 0) is 4.79 Å². The van der Waals surface area contributed by atoms with Gasteiger partial charge in [0.1, 0.15) is 12.4 Å². The fourth-order valence-electron chi connectivity index (χ4n) is 1.36. The van der Waals surface area contributed by atoms with Crippen LogP contribution in [0.3, 0.4) is 0 Å². The molecular weight excluding hydrogens is 230 g/mol. The summed E-state index contributed by atoms with van der Waals surface area (Å²) in [6, 6.07) is 9.35. The maximum absolute atomic E-state index is 11.3. The van der Waals surface area contributed by atoms with Gasteiger partial charge < -0.3 is 15.2 Å². The minimum Gasteiger partial charge on any atom is -0.491 e. The Morgan fingerprint density at radius 3 is 2.61 bits per heavy atom. The number of rotatable bonds is 7. The number of aliphatic hydroxyl groups is 1. The van der Waals surface area contributed by atoms with Gasteiger partial charge in [0.15, 0.2) is 0 Å². The lowest BCUT2D eigenvalue weighted by Gasteiger charge is -2.13. The van der Waals surface area contributed by atoms with E-state index in [1.165, 1.54) is 0 Å². The molecule has 1 aromatic carbocycles. The van der Waals surface area contributed by atoms with E-state index in [2.05, 4.69) is 5.32 Å². The first-order valence-corrected chi connectivity index (χ1v) is 6.23. The summed E-state index contributed by atoms with van der Waals surface area (Å²) in [6.07, 6.45) is -0.0802. The number of carbonyl (C=O) groups is 1. The molecule has 1 amide bonds. The summed E-state index contributed by atoms with van der Waals surface area (Å²) in [5.41, 5.74) is 0. The van der Waals surface area contributed by atoms with E-state index >= 15 is 0 Å². The Bertz CT molecular complexity index is 351. The first-order valence-electron chi connectivity index (χ1n) is 6.23. The van der Waals surface area contributed by atoms with Crippen LogP contribution in [0.15, 0.2) is 30.3 Å². The largest absolute Gasteiger partial charge is 0.491 e. The summed E-state index contributed by atoms with van der Waals surface area (Å²) in [7, 11) is 0. The number of hydrogen-bond acceptors (Lipinski definition) is 3. The number of hydrogen-bond donors (Lipinski definition) is 2. The van der Waals surface area contributed by atoms with E-state index in [9.17, 15) is 9.90 Å². The Labute approximate surface area is 108 Å². The molecule has 0 saturated heterocycles. The molecule has 100 valence electrons. The molecule has 0 fully saturated rings. The highest BCUT2D eigenvalue weighted by Gasteiger charge is 2.08. The minimum atomic E-state index is -0.572. The third-order valence-corrected chi connectivity index (χ3v) is 2.49. The summed E-state index contributed by atoms with van der Waals surface area (Å²) in [5, 5.41) is 12.4. The van der Waals surface area contributed by atoms with Crippen LogP contribution in [-0.4, -0.2) is 30.3 Å². The number of aliphatic hydroxyl groups excluding tert-OH is 1. The molecule has 1 rings (SSSR count). The Kier molecular flexibility index (Phi) is 6.22. The van der Waals surface area contributed by atoms with E-state index in [0.717, 1.165) is 5.75 Å². The molecule has 2 N–H and O–H groups in total. The van der Waals surface area contributed by atoms with E-state index in [1.807, 2.05) is 44.2 Å². The van der Waals surface area contributed by atoms with E-state index in [0.29, 0.717) is 13.0 Å². The van der Waals surface area contributed by atoms with Crippen LogP contribution in [0.2, 0.25) is 0 Å². The smallest absolute Gasteiger partial charge is 0.222 e. The second-order valence-corrected chi connectivity index (χ2v) is 4.51. The molecule has 4 nitrogen and oxygen atoms in total. The van der Waals surface area contributed by atoms with E-state index in [4.69, 9.17) is 4.74 Å². The molecule has 0 heterocycles. The van der Waals surface area contributed by atoms with Crippen molar-refractivity contribution in [2.45, 2.75) is 26.4 Å². The summed E-state index contributed by atoms with van der Waals surface area (Å²) >= 11 is 0. The zero-order valence-electron chi connectivity index (χ0n) is 10.9. The minimum absolute atomic E-state index is 0.00572. The van der Waals surface area contributed by atoms with Crippen molar-refractivity contribution < 1.29 is 14.6 Å². The van der Waals surface area contributed by atoms with Gasteiger partial charge in [-0.3, -0.25) is 4.79 Å². The van der Waals surface area contributed by atoms with Crippen LogP contribution in [0.5, 0.6) is 5.75 Å². The lowest BCUT2D eigenvalue weighted by atomic mass is 10.2. The quantitative estimate of drug-likeness (QED) is 0.773. The van der Waals surface area contributed by atoms with Crippen molar-refractivity contribution in [3.63, 3.8) is 0 Å². The van der Waals surface area contributed by atoms with Gasteiger partial charge in [0.25, 0.3) is 0 Å². The lowest BCUT2D eigenvalue weighted by molar-refractivity contribution is -0.124. The number of nitrogens with one attached hydrogen (secondary N) is 1. The molecule has 4 heteroatoms. The first-order chi connectivity index (χ1) is 8.59. The number of benzene rings is 1. The van der Waals surface area contributed by atoms with Gasteiger partial charge >= 0.3 is 0 Å². The molecule has 0 radical (unpaired) electrons. The molecular formula is C14H21NO3. The molecule has 0 aliphatic carbocycles. The average Bonchev–Trinajstić information content (AvgIpc) is 2.37. The van der Waals surface area contributed by atoms with Crippen molar-refractivity contribution in [3.05, 3.63) is 30.3 Å². The van der Waals surface area contributed by atoms with Gasteiger partial charge in [0, 0.05) is 12.5 Å². The number of carbonyl (C=O) groups excluding carboxylic acids is 1. The average molecular weight is 251 g/mol. The van der Waals surface area contributed by atoms with Crippen molar-refractivity contribution in [2.24, 2.45) is 5.92 Å². The van der Waals surface area contributed by atoms with Gasteiger partial charge in [-0.25, -0.2) is 0 Å². The Morgan fingerprint density at radius 2 is 2.00 bits per heavy atom. The maximum Gasteiger partial charge on any atom is 0.222 e. The molecule has 0 saturated carbocycles. The normalized spacial score (nSPS) is 12.2. The highest BCUT2D eigenvalue weighted by atomic mass is 16.5. The SMILES string of the molecule is CC(C)C(=O)NCCC(O)COc1ccccc1.